The Morgan fingerprint density at radius 2 is 2.00 bits per heavy atom. The number of hydrogen-bond donors (Lipinski definition) is 0. The van der Waals surface area contributed by atoms with Gasteiger partial charge in [-0.25, -0.2) is 4.98 Å². The summed E-state index contributed by atoms with van der Waals surface area (Å²) >= 11 is 0. The van der Waals surface area contributed by atoms with Gasteiger partial charge in [0.05, 0.1) is 0 Å². The molecular weight excluding hydrogens is 264 g/mol. The highest BCUT2D eigenvalue weighted by molar-refractivity contribution is 5.92. The number of aromatic nitrogens is 2. The van der Waals surface area contributed by atoms with Crippen molar-refractivity contribution in [1.82, 2.24) is 19.4 Å². The van der Waals surface area contributed by atoms with Gasteiger partial charge in [0.25, 0.3) is 5.91 Å². The molecule has 1 fully saturated rings. The van der Waals surface area contributed by atoms with Crippen molar-refractivity contribution in [2.24, 2.45) is 0 Å². The number of unbranched alkanes of at least 4 members (excludes halogenated alkanes) is 1. The summed E-state index contributed by atoms with van der Waals surface area (Å²) in [4.78, 5) is 21.6. The molecule has 0 unspecified atom stereocenters. The van der Waals surface area contributed by atoms with Crippen LogP contribution in [0.15, 0.2) is 6.20 Å². The van der Waals surface area contributed by atoms with E-state index in [1.54, 1.807) is 0 Å². The topological polar surface area (TPSA) is 41.4 Å². The zero-order chi connectivity index (χ0) is 14.7. The van der Waals surface area contributed by atoms with E-state index in [0.717, 1.165) is 51.5 Å². The molecule has 2 aliphatic rings. The average molecular weight is 290 g/mol. The Morgan fingerprint density at radius 1 is 1.19 bits per heavy atom. The summed E-state index contributed by atoms with van der Waals surface area (Å²) in [5.74, 6) is 1.21. The van der Waals surface area contributed by atoms with Crippen LogP contribution in [0.2, 0.25) is 0 Å². The van der Waals surface area contributed by atoms with Gasteiger partial charge in [0.15, 0.2) is 0 Å². The minimum Gasteiger partial charge on any atom is -0.335 e. The molecule has 1 aromatic heterocycles. The lowest BCUT2D eigenvalue weighted by atomic mass is 10.2. The van der Waals surface area contributed by atoms with Gasteiger partial charge in [0, 0.05) is 45.3 Å². The van der Waals surface area contributed by atoms with Crippen molar-refractivity contribution in [3.63, 3.8) is 0 Å². The lowest BCUT2D eigenvalue weighted by Gasteiger charge is -2.34. The highest BCUT2D eigenvalue weighted by Crippen LogP contribution is 2.16. The number of aryl methyl sites for hydroxylation is 2. The van der Waals surface area contributed by atoms with E-state index < -0.39 is 0 Å². The summed E-state index contributed by atoms with van der Waals surface area (Å²) in [6.45, 7) is 8.08. The maximum atomic E-state index is 12.6. The van der Waals surface area contributed by atoms with E-state index in [1.165, 1.54) is 25.7 Å². The smallest absolute Gasteiger partial charge is 0.274 e. The molecule has 1 saturated heterocycles. The van der Waals surface area contributed by atoms with Crippen molar-refractivity contribution in [3.05, 3.63) is 17.7 Å². The summed E-state index contributed by atoms with van der Waals surface area (Å²) in [6.07, 6.45) is 7.85. The van der Waals surface area contributed by atoms with Gasteiger partial charge >= 0.3 is 0 Å². The number of carbonyl (C=O) groups is 1. The molecule has 0 aromatic carbocycles. The summed E-state index contributed by atoms with van der Waals surface area (Å²) in [6, 6.07) is 0. The van der Waals surface area contributed by atoms with Crippen LogP contribution >= 0.6 is 0 Å². The van der Waals surface area contributed by atoms with E-state index in [2.05, 4.69) is 21.4 Å². The van der Waals surface area contributed by atoms with Crippen LogP contribution in [0.3, 0.4) is 0 Å². The highest BCUT2D eigenvalue weighted by atomic mass is 16.2. The molecule has 0 aliphatic carbocycles. The molecule has 1 aromatic rings. The largest absolute Gasteiger partial charge is 0.335 e. The standard InChI is InChI=1S/C16H26N4O/c1-2-3-7-18-9-11-19(12-10-18)16(21)14-13-20-8-5-4-6-15(20)17-14/h13H,2-12H2,1H3. The van der Waals surface area contributed by atoms with Crippen molar-refractivity contribution in [2.75, 3.05) is 32.7 Å². The number of hydrogen-bond acceptors (Lipinski definition) is 3. The van der Waals surface area contributed by atoms with Crippen LogP contribution in [0, 0.1) is 0 Å². The van der Waals surface area contributed by atoms with Gasteiger partial charge in [-0.15, -0.1) is 0 Å². The van der Waals surface area contributed by atoms with Crippen LogP contribution in [-0.2, 0) is 13.0 Å². The first-order valence-corrected chi connectivity index (χ1v) is 8.35. The minimum absolute atomic E-state index is 0.118. The Balaban J connectivity index is 1.57. The van der Waals surface area contributed by atoms with Crippen LogP contribution in [0.25, 0.3) is 0 Å². The molecule has 3 rings (SSSR count). The van der Waals surface area contributed by atoms with Crippen LogP contribution in [0.1, 0.15) is 48.9 Å². The molecule has 0 N–H and O–H groups in total. The number of nitrogens with zero attached hydrogens (tertiary/aromatic N) is 4. The van der Waals surface area contributed by atoms with Crippen molar-refractivity contribution < 1.29 is 4.79 Å². The number of imidazole rings is 1. The zero-order valence-corrected chi connectivity index (χ0v) is 13.1. The molecule has 5 nitrogen and oxygen atoms in total. The fourth-order valence-corrected chi connectivity index (χ4v) is 3.23. The first-order valence-electron chi connectivity index (χ1n) is 8.35. The Labute approximate surface area is 126 Å². The monoisotopic (exact) mass is 290 g/mol. The van der Waals surface area contributed by atoms with Crippen LogP contribution in [-0.4, -0.2) is 58.0 Å². The first kappa shape index (κ1) is 14.6. The Hall–Kier alpha value is -1.36. The Morgan fingerprint density at radius 3 is 2.71 bits per heavy atom. The van der Waals surface area contributed by atoms with Gasteiger partial charge in [0.1, 0.15) is 11.5 Å². The molecule has 116 valence electrons. The Kier molecular flexibility index (Phi) is 4.58. The van der Waals surface area contributed by atoms with E-state index in [1.807, 2.05) is 11.1 Å². The van der Waals surface area contributed by atoms with Gasteiger partial charge in [0.2, 0.25) is 0 Å². The fourth-order valence-electron chi connectivity index (χ4n) is 3.23. The SMILES string of the molecule is CCCCN1CCN(C(=O)c2cn3c(n2)CCCC3)CC1. The normalized spacial score (nSPS) is 19.6. The molecule has 21 heavy (non-hydrogen) atoms. The van der Waals surface area contributed by atoms with Crippen molar-refractivity contribution in [3.8, 4) is 0 Å². The molecule has 0 spiro atoms. The number of rotatable bonds is 4. The maximum Gasteiger partial charge on any atom is 0.274 e. The second-order valence-corrected chi connectivity index (χ2v) is 6.18. The number of piperazine rings is 1. The van der Waals surface area contributed by atoms with E-state index in [-0.39, 0.29) is 5.91 Å². The van der Waals surface area contributed by atoms with Gasteiger partial charge < -0.3 is 9.47 Å². The molecular formula is C16H26N4O. The van der Waals surface area contributed by atoms with Crippen molar-refractivity contribution in [2.45, 2.75) is 45.6 Å². The quantitative estimate of drug-likeness (QED) is 0.849. The predicted octanol–water partition coefficient (Wildman–Crippen LogP) is 1.78. The Bertz CT molecular complexity index is 465. The third-order valence-electron chi connectivity index (χ3n) is 4.62. The molecule has 3 heterocycles. The lowest BCUT2D eigenvalue weighted by molar-refractivity contribution is 0.0630. The van der Waals surface area contributed by atoms with Crippen molar-refractivity contribution >= 4 is 5.91 Å². The van der Waals surface area contributed by atoms with Crippen LogP contribution in [0.5, 0.6) is 0 Å². The molecule has 0 atom stereocenters. The molecule has 1 amide bonds. The maximum absolute atomic E-state index is 12.6. The molecule has 0 bridgehead atoms. The van der Waals surface area contributed by atoms with Gasteiger partial charge in [-0.2, -0.15) is 0 Å². The third-order valence-corrected chi connectivity index (χ3v) is 4.62. The third kappa shape index (κ3) is 3.28. The molecule has 0 saturated carbocycles. The number of amides is 1. The van der Waals surface area contributed by atoms with Gasteiger partial charge in [-0.05, 0) is 25.8 Å². The second-order valence-electron chi connectivity index (χ2n) is 6.18. The predicted molar refractivity (Wildman–Crippen MR) is 82.4 cm³/mol. The zero-order valence-electron chi connectivity index (χ0n) is 13.1. The van der Waals surface area contributed by atoms with Crippen molar-refractivity contribution in [1.29, 1.82) is 0 Å². The average Bonchev–Trinajstić information content (AvgIpc) is 2.96. The van der Waals surface area contributed by atoms with Gasteiger partial charge in [-0.3, -0.25) is 9.69 Å². The van der Waals surface area contributed by atoms with E-state index in [9.17, 15) is 4.79 Å². The first-order chi connectivity index (χ1) is 10.3. The van der Waals surface area contributed by atoms with E-state index >= 15 is 0 Å². The molecule has 5 heteroatoms. The summed E-state index contributed by atoms with van der Waals surface area (Å²) in [7, 11) is 0. The number of carbonyl (C=O) groups excluding carboxylic acids is 1. The second kappa shape index (κ2) is 6.60. The minimum atomic E-state index is 0.118. The van der Waals surface area contributed by atoms with E-state index in [0.29, 0.717) is 5.69 Å². The number of fused-ring (bicyclic) bond motifs is 1. The molecule has 0 radical (unpaired) electrons. The summed E-state index contributed by atoms with van der Waals surface area (Å²) in [5, 5.41) is 0. The van der Waals surface area contributed by atoms with E-state index in [4.69, 9.17) is 0 Å². The summed E-state index contributed by atoms with van der Waals surface area (Å²) in [5.41, 5.74) is 0.647. The van der Waals surface area contributed by atoms with Crippen LogP contribution in [0.4, 0.5) is 0 Å². The fraction of sp³-hybridized carbons (Fsp3) is 0.750. The van der Waals surface area contributed by atoms with Crippen LogP contribution < -0.4 is 0 Å². The highest BCUT2D eigenvalue weighted by Gasteiger charge is 2.24. The van der Waals surface area contributed by atoms with Gasteiger partial charge in [-0.1, -0.05) is 13.3 Å². The summed E-state index contributed by atoms with van der Waals surface area (Å²) < 4.78 is 2.16. The molecule has 2 aliphatic heterocycles. The lowest BCUT2D eigenvalue weighted by Crippen LogP contribution is -2.48.